The number of hydrogen-bond donors (Lipinski definition) is 2. The molecule has 2 saturated heterocycles. The zero-order valence-corrected chi connectivity index (χ0v) is 13.3. The molecule has 0 bridgehead atoms. The lowest BCUT2D eigenvalue weighted by Gasteiger charge is -2.24. The van der Waals surface area contributed by atoms with E-state index in [1.807, 2.05) is 0 Å². The summed E-state index contributed by atoms with van der Waals surface area (Å²) in [7, 11) is 0. The first-order valence-corrected chi connectivity index (χ1v) is 7.16. The number of nitrogens with one attached hydrogen (secondary N) is 2. The molecule has 1 saturated carbocycles. The fraction of sp³-hybridized carbons (Fsp3) is 0.923. The second-order valence-corrected chi connectivity index (χ2v) is 5.71. The quantitative estimate of drug-likeness (QED) is 0.793. The number of halogens is 2. The Hall–Kier alpha value is -0.0700. The Bertz CT molecular complexity index is 310. The summed E-state index contributed by atoms with van der Waals surface area (Å²) in [5, 5.41) is 6.48. The predicted octanol–water partition coefficient (Wildman–Crippen LogP) is 0.561. The van der Waals surface area contributed by atoms with Crippen molar-refractivity contribution in [3.63, 3.8) is 0 Å². The molecule has 0 aromatic rings. The van der Waals surface area contributed by atoms with E-state index in [0.29, 0.717) is 19.1 Å². The summed E-state index contributed by atoms with van der Waals surface area (Å²) in [4.78, 5) is 14.5. The summed E-state index contributed by atoms with van der Waals surface area (Å²) in [5.74, 6) is 0.167. The van der Waals surface area contributed by atoms with Crippen molar-refractivity contribution < 1.29 is 9.53 Å². The Morgan fingerprint density at radius 1 is 1.30 bits per heavy atom. The van der Waals surface area contributed by atoms with Crippen LogP contribution >= 0.6 is 24.8 Å². The molecule has 2 atom stereocenters. The third-order valence-corrected chi connectivity index (χ3v) is 4.08. The maximum absolute atomic E-state index is 11.9. The van der Waals surface area contributed by atoms with E-state index in [-0.39, 0.29) is 36.8 Å². The van der Waals surface area contributed by atoms with Gasteiger partial charge in [-0.1, -0.05) is 0 Å². The Morgan fingerprint density at radius 3 is 2.75 bits per heavy atom. The molecule has 118 valence electrons. The largest absolute Gasteiger partial charge is 0.378 e. The molecule has 2 N–H and O–H groups in total. The Kier molecular flexibility index (Phi) is 7.54. The minimum atomic E-state index is 0. The van der Waals surface area contributed by atoms with Gasteiger partial charge in [-0.05, 0) is 19.3 Å². The average molecular weight is 326 g/mol. The van der Waals surface area contributed by atoms with Crippen molar-refractivity contribution in [2.45, 2.75) is 43.8 Å². The van der Waals surface area contributed by atoms with E-state index in [9.17, 15) is 4.79 Å². The molecule has 3 rings (SSSR count). The van der Waals surface area contributed by atoms with E-state index >= 15 is 0 Å². The summed E-state index contributed by atoms with van der Waals surface area (Å²) in [6, 6.07) is 1.38. The second-order valence-electron chi connectivity index (χ2n) is 5.71. The molecule has 20 heavy (non-hydrogen) atoms. The lowest BCUT2D eigenvalue weighted by molar-refractivity contribution is -0.122. The van der Waals surface area contributed by atoms with Crippen molar-refractivity contribution in [1.29, 1.82) is 0 Å². The van der Waals surface area contributed by atoms with Crippen LogP contribution in [0.3, 0.4) is 0 Å². The van der Waals surface area contributed by atoms with Gasteiger partial charge in [0, 0.05) is 44.2 Å². The molecule has 2 heterocycles. The number of likely N-dealkylation sites (tertiary alicyclic amines) is 1. The molecular formula is C13H25Cl2N3O2. The molecular weight excluding hydrogens is 301 g/mol. The van der Waals surface area contributed by atoms with Crippen molar-refractivity contribution in [1.82, 2.24) is 15.5 Å². The summed E-state index contributed by atoms with van der Waals surface area (Å²) in [6.07, 6.45) is 4.35. The van der Waals surface area contributed by atoms with Crippen LogP contribution in [0.2, 0.25) is 0 Å². The van der Waals surface area contributed by atoms with E-state index in [1.165, 1.54) is 12.8 Å². The number of nitrogens with zero attached hydrogens (tertiary/aromatic N) is 1. The minimum Gasteiger partial charge on any atom is -0.378 e. The monoisotopic (exact) mass is 325 g/mol. The smallest absolute Gasteiger partial charge is 0.221 e. The number of ether oxygens (including phenoxy) is 1. The van der Waals surface area contributed by atoms with E-state index in [2.05, 4.69) is 15.5 Å². The van der Waals surface area contributed by atoms with Gasteiger partial charge in [-0.15, -0.1) is 24.8 Å². The van der Waals surface area contributed by atoms with Crippen LogP contribution in [0.1, 0.15) is 25.7 Å². The van der Waals surface area contributed by atoms with Gasteiger partial charge in [-0.3, -0.25) is 9.69 Å². The van der Waals surface area contributed by atoms with Crippen LogP contribution in [0.5, 0.6) is 0 Å². The van der Waals surface area contributed by atoms with Gasteiger partial charge >= 0.3 is 0 Å². The number of amides is 1. The highest BCUT2D eigenvalue weighted by molar-refractivity contribution is 5.85. The van der Waals surface area contributed by atoms with Gasteiger partial charge in [0.1, 0.15) is 0 Å². The van der Waals surface area contributed by atoms with Gasteiger partial charge in [0.15, 0.2) is 0 Å². The Morgan fingerprint density at radius 2 is 2.10 bits per heavy atom. The van der Waals surface area contributed by atoms with Crippen LogP contribution < -0.4 is 10.6 Å². The van der Waals surface area contributed by atoms with E-state index in [0.717, 1.165) is 38.7 Å². The fourth-order valence-corrected chi connectivity index (χ4v) is 2.94. The Labute approximate surface area is 133 Å². The maximum atomic E-state index is 11.9. The number of rotatable bonds is 4. The molecule has 7 heteroatoms. The van der Waals surface area contributed by atoms with Gasteiger partial charge in [-0.25, -0.2) is 0 Å². The topological polar surface area (TPSA) is 53.6 Å². The number of hydrogen-bond acceptors (Lipinski definition) is 4. The molecule has 3 aliphatic rings. The van der Waals surface area contributed by atoms with Gasteiger partial charge in [0.25, 0.3) is 0 Å². The van der Waals surface area contributed by atoms with Gasteiger partial charge in [-0.2, -0.15) is 0 Å². The zero-order chi connectivity index (χ0) is 12.4. The van der Waals surface area contributed by atoms with E-state index in [1.54, 1.807) is 0 Å². The zero-order valence-electron chi connectivity index (χ0n) is 11.7. The van der Waals surface area contributed by atoms with Crippen LogP contribution in [-0.2, 0) is 9.53 Å². The van der Waals surface area contributed by atoms with Crippen molar-refractivity contribution in [3.05, 3.63) is 0 Å². The molecule has 0 radical (unpaired) electrons. The van der Waals surface area contributed by atoms with E-state index < -0.39 is 0 Å². The average Bonchev–Trinajstić information content (AvgIpc) is 3.12. The summed E-state index contributed by atoms with van der Waals surface area (Å²) >= 11 is 0. The number of morpholine rings is 1. The maximum Gasteiger partial charge on any atom is 0.221 e. The highest BCUT2D eigenvalue weighted by Gasteiger charge is 2.34. The fourth-order valence-electron chi connectivity index (χ4n) is 2.94. The lowest BCUT2D eigenvalue weighted by Crippen LogP contribution is -2.46. The van der Waals surface area contributed by atoms with Crippen molar-refractivity contribution in [3.8, 4) is 0 Å². The lowest BCUT2D eigenvalue weighted by atomic mass is 10.1. The second kappa shape index (κ2) is 8.39. The molecule has 2 aliphatic heterocycles. The summed E-state index contributed by atoms with van der Waals surface area (Å²) < 4.78 is 5.36. The Balaban J connectivity index is 0.000001000. The first kappa shape index (κ1) is 18.0. The van der Waals surface area contributed by atoms with Crippen molar-refractivity contribution in [2.75, 3.05) is 32.8 Å². The SMILES string of the molecule is Cl.Cl.O=C(CC1COCCN1)NC1CCN(C2CC2)C1. The molecule has 3 fully saturated rings. The standard InChI is InChI=1S/C13H23N3O2.2ClH/c17-13(7-11-9-18-6-4-14-11)15-10-3-5-16(8-10)12-1-2-12;;/h10-12,14H,1-9H2,(H,15,17);2*1H. The van der Waals surface area contributed by atoms with Gasteiger partial charge in [0.2, 0.25) is 5.91 Å². The van der Waals surface area contributed by atoms with Crippen LogP contribution in [0.4, 0.5) is 0 Å². The van der Waals surface area contributed by atoms with Crippen LogP contribution in [0.25, 0.3) is 0 Å². The molecule has 1 amide bonds. The molecule has 2 unspecified atom stereocenters. The third kappa shape index (κ3) is 5.04. The van der Waals surface area contributed by atoms with Gasteiger partial charge < -0.3 is 15.4 Å². The molecule has 0 spiro atoms. The molecule has 0 aromatic heterocycles. The predicted molar refractivity (Wildman–Crippen MR) is 82.9 cm³/mol. The molecule has 5 nitrogen and oxygen atoms in total. The molecule has 0 aromatic carbocycles. The van der Waals surface area contributed by atoms with Crippen molar-refractivity contribution >= 4 is 30.7 Å². The summed E-state index contributed by atoms with van der Waals surface area (Å²) in [5.41, 5.74) is 0. The summed E-state index contributed by atoms with van der Waals surface area (Å²) in [6.45, 7) is 4.48. The number of carbonyl (C=O) groups is 1. The van der Waals surface area contributed by atoms with Crippen LogP contribution in [0, 0.1) is 0 Å². The first-order chi connectivity index (χ1) is 8.81. The van der Waals surface area contributed by atoms with Crippen LogP contribution in [0.15, 0.2) is 0 Å². The highest BCUT2D eigenvalue weighted by Crippen LogP contribution is 2.29. The van der Waals surface area contributed by atoms with Crippen molar-refractivity contribution in [2.24, 2.45) is 0 Å². The normalized spacial score (nSPS) is 30.2. The number of carbonyl (C=O) groups excluding carboxylic acids is 1. The minimum absolute atomic E-state index is 0. The third-order valence-electron chi connectivity index (χ3n) is 4.08. The first-order valence-electron chi connectivity index (χ1n) is 7.16. The highest BCUT2D eigenvalue weighted by atomic mass is 35.5. The van der Waals surface area contributed by atoms with Gasteiger partial charge in [0.05, 0.1) is 13.2 Å². The van der Waals surface area contributed by atoms with Crippen LogP contribution in [-0.4, -0.2) is 61.8 Å². The van der Waals surface area contributed by atoms with E-state index in [4.69, 9.17) is 4.74 Å². The molecule has 1 aliphatic carbocycles.